The second-order valence-corrected chi connectivity index (χ2v) is 5.00. The Bertz CT molecular complexity index is 643. The molecule has 0 aliphatic carbocycles. The summed E-state index contributed by atoms with van der Waals surface area (Å²) in [5.74, 6) is 1.56. The summed E-state index contributed by atoms with van der Waals surface area (Å²) in [5, 5.41) is 10.9. The fraction of sp³-hybridized carbons (Fsp3) is 0.429. The van der Waals surface area contributed by atoms with Crippen LogP contribution < -0.4 is 5.32 Å². The van der Waals surface area contributed by atoms with Gasteiger partial charge in [-0.05, 0) is 18.6 Å². The summed E-state index contributed by atoms with van der Waals surface area (Å²) in [4.78, 5) is 18.9. The minimum Gasteiger partial charge on any atom is -0.373 e. The highest BCUT2D eigenvalue weighted by Gasteiger charge is 2.23. The first kappa shape index (κ1) is 13.5. The normalized spacial score (nSPS) is 13.9. The monoisotopic (exact) mass is 286 g/mol. The second-order valence-electron chi connectivity index (χ2n) is 5.00. The Kier molecular flexibility index (Phi) is 3.55. The molecule has 0 saturated heterocycles. The van der Waals surface area contributed by atoms with Crippen molar-refractivity contribution in [2.45, 2.75) is 26.4 Å². The Labute approximate surface area is 123 Å². The minimum atomic E-state index is 0.0119. The molecule has 110 valence electrons. The van der Waals surface area contributed by atoms with Crippen LogP contribution in [0.2, 0.25) is 0 Å². The topological polar surface area (TPSA) is 75.9 Å². The summed E-state index contributed by atoms with van der Waals surface area (Å²) in [6, 6.07) is 3.66. The van der Waals surface area contributed by atoms with Crippen molar-refractivity contribution in [2.75, 3.05) is 18.9 Å². The van der Waals surface area contributed by atoms with Gasteiger partial charge in [0, 0.05) is 31.4 Å². The molecular weight excluding hydrogens is 268 g/mol. The Morgan fingerprint density at radius 2 is 2.24 bits per heavy atom. The predicted molar refractivity (Wildman–Crippen MR) is 77.9 cm³/mol. The standard InChI is InChI=1S/C14H18N6O/c1-3-11-6-10(7-12(15-2)17-11)14(21)19-4-5-20-9-16-18-13(20)8-19/h6-7,9H,3-5,8H2,1-2H3,(H,15,17). The van der Waals surface area contributed by atoms with Crippen molar-refractivity contribution in [3.05, 3.63) is 35.5 Å². The fourth-order valence-electron chi connectivity index (χ4n) is 2.44. The van der Waals surface area contributed by atoms with Crippen LogP contribution in [0.1, 0.15) is 28.8 Å². The van der Waals surface area contributed by atoms with Crippen LogP contribution in [0.25, 0.3) is 0 Å². The van der Waals surface area contributed by atoms with Gasteiger partial charge in [0.05, 0.1) is 6.54 Å². The number of hydrogen-bond acceptors (Lipinski definition) is 5. The first-order valence-corrected chi connectivity index (χ1v) is 7.06. The lowest BCUT2D eigenvalue weighted by molar-refractivity contribution is 0.0707. The Morgan fingerprint density at radius 1 is 1.38 bits per heavy atom. The fourth-order valence-corrected chi connectivity index (χ4v) is 2.44. The summed E-state index contributed by atoms with van der Waals surface area (Å²) < 4.78 is 1.98. The highest BCUT2D eigenvalue weighted by atomic mass is 16.2. The van der Waals surface area contributed by atoms with Gasteiger partial charge in [0.15, 0.2) is 5.82 Å². The Balaban J connectivity index is 1.85. The van der Waals surface area contributed by atoms with E-state index in [-0.39, 0.29) is 5.91 Å². The van der Waals surface area contributed by atoms with Gasteiger partial charge in [0.25, 0.3) is 5.91 Å². The largest absolute Gasteiger partial charge is 0.373 e. The molecule has 21 heavy (non-hydrogen) atoms. The molecule has 7 heteroatoms. The molecule has 3 rings (SSSR count). The van der Waals surface area contributed by atoms with Crippen LogP contribution in [0, 0.1) is 0 Å². The van der Waals surface area contributed by atoms with Crippen molar-refractivity contribution in [3.63, 3.8) is 0 Å². The van der Waals surface area contributed by atoms with Gasteiger partial charge in [0.1, 0.15) is 12.1 Å². The van der Waals surface area contributed by atoms with Crippen molar-refractivity contribution >= 4 is 11.7 Å². The lowest BCUT2D eigenvalue weighted by Gasteiger charge is -2.27. The van der Waals surface area contributed by atoms with Crippen LogP contribution in [0.15, 0.2) is 18.5 Å². The average molecular weight is 286 g/mol. The van der Waals surface area contributed by atoms with Gasteiger partial charge in [-0.1, -0.05) is 6.92 Å². The molecule has 3 heterocycles. The summed E-state index contributed by atoms with van der Waals surface area (Å²) in [6.45, 7) is 3.93. The number of fused-ring (bicyclic) bond motifs is 1. The summed E-state index contributed by atoms with van der Waals surface area (Å²) in [5.41, 5.74) is 1.57. The number of anilines is 1. The quantitative estimate of drug-likeness (QED) is 0.908. The highest BCUT2D eigenvalue weighted by molar-refractivity contribution is 5.95. The molecule has 0 fully saturated rings. The van der Waals surface area contributed by atoms with E-state index >= 15 is 0 Å². The number of amides is 1. The number of nitrogens with zero attached hydrogens (tertiary/aromatic N) is 5. The van der Waals surface area contributed by atoms with Crippen molar-refractivity contribution in [2.24, 2.45) is 0 Å². The molecule has 0 aromatic carbocycles. The number of rotatable bonds is 3. The van der Waals surface area contributed by atoms with E-state index in [9.17, 15) is 4.79 Å². The lowest BCUT2D eigenvalue weighted by atomic mass is 10.1. The molecule has 0 unspecified atom stereocenters. The first-order valence-electron chi connectivity index (χ1n) is 7.06. The lowest BCUT2D eigenvalue weighted by Crippen LogP contribution is -2.38. The Hall–Kier alpha value is -2.44. The zero-order valence-electron chi connectivity index (χ0n) is 12.2. The van der Waals surface area contributed by atoms with E-state index in [1.807, 2.05) is 17.6 Å². The molecule has 0 spiro atoms. The van der Waals surface area contributed by atoms with Crippen LogP contribution in [-0.2, 0) is 19.5 Å². The SMILES string of the molecule is CCc1cc(C(=O)N2CCn3cnnc3C2)cc(NC)n1. The first-order chi connectivity index (χ1) is 10.2. The third-order valence-electron chi connectivity index (χ3n) is 3.67. The zero-order chi connectivity index (χ0) is 14.8. The average Bonchev–Trinajstić information content (AvgIpc) is 3.01. The Morgan fingerprint density at radius 3 is 3.00 bits per heavy atom. The smallest absolute Gasteiger partial charge is 0.254 e. The number of hydrogen-bond donors (Lipinski definition) is 1. The zero-order valence-corrected chi connectivity index (χ0v) is 12.2. The maximum atomic E-state index is 12.7. The molecule has 7 nitrogen and oxygen atoms in total. The summed E-state index contributed by atoms with van der Waals surface area (Å²) in [6.07, 6.45) is 2.50. The third kappa shape index (κ3) is 2.58. The molecule has 1 amide bonds. The predicted octanol–water partition coefficient (Wildman–Crippen LogP) is 0.933. The number of carbonyl (C=O) groups excluding carboxylic acids is 1. The molecule has 0 atom stereocenters. The van der Waals surface area contributed by atoms with Gasteiger partial charge in [-0.2, -0.15) is 0 Å². The van der Waals surface area contributed by atoms with Crippen molar-refractivity contribution in [1.29, 1.82) is 0 Å². The van der Waals surface area contributed by atoms with Gasteiger partial charge >= 0.3 is 0 Å². The number of carbonyl (C=O) groups is 1. The van der Waals surface area contributed by atoms with Gasteiger partial charge < -0.3 is 14.8 Å². The maximum absolute atomic E-state index is 12.7. The molecule has 0 radical (unpaired) electrons. The van der Waals surface area contributed by atoms with Crippen LogP contribution in [0.3, 0.4) is 0 Å². The molecule has 2 aromatic rings. The molecular formula is C14H18N6O. The third-order valence-corrected chi connectivity index (χ3v) is 3.67. The van der Waals surface area contributed by atoms with E-state index < -0.39 is 0 Å². The second kappa shape index (κ2) is 5.51. The summed E-state index contributed by atoms with van der Waals surface area (Å²) >= 11 is 0. The molecule has 0 saturated carbocycles. The number of nitrogens with one attached hydrogen (secondary N) is 1. The minimum absolute atomic E-state index is 0.0119. The van der Waals surface area contributed by atoms with Crippen molar-refractivity contribution < 1.29 is 4.79 Å². The molecule has 0 bridgehead atoms. The van der Waals surface area contributed by atoms with E-state index in [1.165, 1.54) is 0 Å². The van der Waals surface area contributed by atoms with Crippen LogP contribution >= 0.6 is 0 Å². The van der Waals surface area contributed by atoms with Gasteiger partial charge in [-0.3, -0.25) is 4.79 Å². The molecule has 1 N–H and O–H groups in total. The van der Waals surface area contributed by atoms with E-state index in [0.717, 1.165) is 30.3 Å². The van der Waals surface area contributed by atoms with Crippen LogP contribution in [0.4, 0.5) is 5.82 Å². The molecule has 1 aliphatic heterocycles. The number of aryl methyl sites for hydroxylation is 1. The maximum Gasteiger partial charge on any atom is 0.254 e. The van der Waals surface area contributed by atoms with Gasteiger partial charge in [-0.15, -0.1) is 10.2 Å². The summed E-state index contributed by atoms with van der Waals surface area (Å²) in [7, 11) is 1.80. The molecule has 2 aromatic heterocycles. The van der Waals surface area contributed by atoms with E-state index in [0.29, 0.717) is 18.7 Å². The number of pyridine rings is 1. The highest BCUT2D eigenvalue weighted by Crippen LogP contribution is 2.16. The van der Waals surface area contributed by atoms with Gasteiger partial charge in [-0.25, -0.2) is 4.98 Å². The number of aromatic nitrogens is 4. The van der Waals surface area contributed by atoms with E-state index in [1.54, 1.807) is 24.3 Å². The van der Waals surface area contributed by atoms with Crippen LogP contribution in [0.5, 0.6) is 0 Å². The van der Waals surface area contributed by atoms with Crippen molar-refractivity contribution in [1.82, 2.24) is 24.6 Å². The van der Waals surface area contributed by atoms with E-state index in [2.05, 4.69) is 20.5 Å². The van der Waals surface area contributed by atoms with Crippen molar-refractivity contribution in [3.8, 4) is 0 Å². The molecule has 1 aliphatic rings. The van der Waals surface area contributed by atoms with Gasteiger partial charge in [0.2, 0.25) is 0 Å². The van der Waals surface area contributed by atoms with E-state index in [4.69, 9.17) is 0 Å². The van der Waals surface area contributed by atoms with Crippen LogP contribution in [-0.4, -0.2) is 44.1 Å².